The predicted octanol–water partition coefficient (Wildman–Crippen LogP) is 2.50. The molecular weight excluding hydrogens is 360 g/mol. The maximum absolute atomic E-state index is 12.5. The first-order valence-corrected chi connectivity index (χ1v) is 9.27. The molecule has 7 heteroatoms. The number of carbonyl (C=O) groups is 3. The van der Waals surface area contributed by atoms with Crippen LogP contribution in [0, 0.1) is 5.92 Å². The minimum atomic E-state index is -1.14. The van der Waals surface area contributed by atoms with Gasteiger partial charge in [-0.25, -0.2) is 0 Å². The Balaban J connectivity index is 1.99. The smallest absolute Gasteiger partial charge is 0.320 e. The van der Waals surface area contributed by atoms with Crippen molar-refractivity contribution in [2.24, 2.45) is 5.92 Å². The molecule has 2 rings (SSSR count). The van der Waals surface area contributed by atoms with Crippen LogP contribution >= 0.6 is 0 Å². The summed E-state index contributed by atoms with van der Waals surface area (Å²) in [6, 6.07) is 10.9. The van der Waals surface area contributed by atoms with Gasteiger partial charge < -0.3 is 15.5 Å². The second-order valence-electron chi connectivity index (χ2n) is 7.15. The molecule has 2 aromatic rings. The van der Waals surface area contributed by atoms with Crippen LogP contribution in [0.3, 0.4) is 0 Å². The van der Waals surface area contributed by atoms with Gasteiger partial charge in [-0.05, 0) is 35.6 Å². The zero-order valence-electron chi connectivity index (χ0n) is 16.0. The van der Waals surface area contributed by atoms with Gasteiger partial charge in [0.15, 0.2) is 0 Å². The maximum atomic E-state index is 12.5. The molecule has 0 aliphatic heterocycles. The van der Waals surface area contributed by atoms with Crippen LogP contribution in [-0.4, -0.2) is 46.7 Å². The van der Waals surface area contributed by atoms with Crippen molar-refractivity contribution in [2.75, 3.05) is 6.54 Å². The van der Waals surface area contributed by atoms with Crippen molar-refractivity contribution >= 4 is 28.6 Å². The minimum Gasteiger partial charge on any atom is -0.480 e. The third kappa shape index (κ3) is 5.79. The fraction of sp³-hybridized carbons (Fsp3) is 0.381. The lowest BCUT2D eigenvalue weighted by atomic mass is 10.0. The van der Waals surface area contributed by atoms with Gasteiger partial charge in [-0.1, -0.05) is 50.2 Å². The summed E-state index contributed by atoms with van der Waals surface area (Å²) >= 11 is 0. The molecular formula is C21H26N2O5. The topological polar surface area (TPSA) is 116 Å². The summed E-state index contributed by atoms with van der Waals surface area (Å²) < 4.78 is 0. The summed E-state index contributed by atoms with van der Waals surface area (Å²) in [6.45, 7) is 3.86. The number of carboxylic acid groups (broad SMARTS) is 2. The molecule has 150 valence electrons. The summed E-state index contributed by atoms with van der Waals surface area (Å²) in [6.07, 6.45) is 0.398. The lowest BCUT2D eigenvalue weighted by Gasteiger charge is -2.21. The molecule has 2 aromatic carbocycles. The Kier molecular flexibility index (Phi) is 7.52. The van der Waals surface area contributed by atoms with Crippen LogP contribution in [-0.2, 0) is 9.59 Å². The summed E-state index contributed by atoms with van der Waals surface area (Å²) in [7, 11) is 0. The van der Waals surface area contributed by atoms with Crippen LogP contribution in [0.5, 0.6) is 0 Å². The van der Waals surface area contributed by atoms with Crippen molar-refractivity contribution < 1.29 is 24.6 Å². The normalized spacial score (nSPS) is 13.2. The van der Waals surface area contributed by atoms with E-state index in [1.54, 1.807) is 12.1 Å². The second kappa shape index (κ2) is 9.85. The van der Waals surface area contributed by atoms with Crippen LogP contribution in [0.4, 0.5) is 0 Å². The third-order valence-electron chi connectivity index (χ3n) is 4.46. The molecule has 1 amide bonds. The van der Waals surface area contributed by atoms with E-state index in [9.17, 15) is 24.6 Å². The summed E-state index contributed by atoms with van der Waals surface area (Å²) in [5.41, 5.74) is 0.515. The van der Waals surface area contributed by atoms with Gasteiger partial charge in [0.05, 0.1) is 0 Å². The summed E-state index contributed by atoms with van der Waals surface area (Å²) in [4.78, 5) is 35.4. The van der Waals surface area contributed by atoms with Crippen LogP contribution in [0.15, 0.2) is 42.5 Å². The van der Waals surface area contributed by atoms with E-state index in [0.29, 0.717) is 12.0 Å². The number of amides is 1. The Hall–Kier alpha value is -2.93. The van der Waals surface area contributed by atoms with Crippen molar-refractivity contribution in [3.63, 3.8) is 0 Å². The molecule has 0 saturated carbocycles. The molecule has 0 heterocycles. The van der Waals surface area contributed by atoms with Crippen molar-refractivity contribution in [1.82, 2.24) is 10.6 Å². The summed E-state index contributed by atoms with van der Waals surface area (Å²) in [5.74, 6) is -2.42. The average molecular weight is 386 g/mol. The molecule has 0 aliphatic rings. The number of rotatable bonds is 10. The number of benzene rings is 2. The molecule has 0 spiro atoms. The van der Waals surface area contributed by atoms with Crippen LogP contribution in [0.2, 0.25) is 0 Å². The molecule has 0 aromatic heterocycles. The third-order valence-corrected chi connectivity index (χ3v) is 4.46. The van der Waals surface area contributed by atoms with E-state index in [-0.39, 0.29) is 24.8 Å². The number of carboxylic acids is 2. The van der Waals surface area contributed by atoms with Gasteiger partial charge in [-0.15, -0.1) is 0 Å². The Labute approximate surface area is 163 Å². The largest absolute Gasteiger partial charge is 0.480 e. The van der Waals surface area contributed by atoms with Gasteiger partial charge in [-0.3, -0.25) is 19.7 Å². The molecule has 2 unspecified atom stereocenters. The highest BCUT2D eigenvalue weighted by atomic mass is 16.4. The van der Waals surface area contributed by atoms with E-state index in [0.717, 1.165) is 10.8 Å². The number of carbonyl (C=O) groups excluding carboxylic acids is 1. The molecule has 0 bridgehead atoms. The van der Waals surface area contributed by atoms with Gasteiger partial charge in [0, 0.05) is 12.1 Å². The molecule has 4 N–H and O–H groups in total. The number of hydrogen-bond acceptors (Lipinski definition) is 4. The van der Waals surface area contributed by atoms with Gasteiger partial charge >= 0.3 is 11.9 Å². The van der Waals surface area contributed by atoms with E-state index < -0.39 is 24.0 Å². The Morgan fingerprint density at radius 2 is 1.57 bits per heavy atom. The molecule has 0 aliphatic carbocycles. The van der Waals surface area contributed by atoms with E-state index in [4.69, 9.17) is 0 Å². The Morgan fingerprint density at radius 3 is 2.21 bits per heavy atom. The molecule has 0 radical (unpaired) electrons. The van der Waals surface area contributed by atoms with E-state index >= 15 is 0 Å². The highest BCUT2D eigenvalue weighted by Crippen LogP contribution is 2.18. The van der Waals surface area contributed by atoms with Gasteiger partial charge in [-0.2, -0.15) is 0 Å². The van der Waals surface area contributed by atoms with E-state index in [1.807, 2.05) is 44.2 Å². The number of hydrogen-bond donors (Lipinski definition) is 4. The van der Waals surface area contributed by atoms with Gasteiger partial charge in [0.2, 0.25) is 0 Å². The van der Waals surface area contributed by atoms with Gasteiger partial charge in [0.25, 0.3) is 5.91 Å². The number of aliphatic carboxylic acids is 2. The number of nitrogens with one attached hydrogen (secondary N) is 2. The first-order valence-electron chi connectivity index (χ1n) is 9.27. The second-order valence-corrected chi connectivity index (χ2v) is 7.15. The van der Waals surface area contributed by atoms with E-state index in [1.165, 1.54) is 0 Å². The molecule has 2 atom stereocenters. The van der Waals surface area contributed by atoms with Crippen molar-refractivity contribution in [2.45, 2.75) is 38.8 Å². The quantitative estimate of drug-likeness (QED) is 0.499. The molecule has 7 nitrogen and oxygen atoms in total. The maximum Gasteiger partial charge on any atom is 0.320 e. The first-order chi connectivity index (χ1) is 13.3. The summed E-state index contributed by atoms with van der Waals surface area (Å²) in [5, 5.41) is 25.9. The zero-order chi connectivity index (χ0) is 20.7. The van der Waals surface area contributed by atoms with Crippen LogP contribution in [0.1, 0.15) is 37.0 Å². The fourth-order valence-electron chi connectivity index (χ4n) is 3.08. The first kappa shape index (κ1) is 21.4. The molecule has 0 saturated heterocycles. The SMILES string of the molecule is CC(C)CC(NC(CCNC(=O)c1cccc2ccccc12)C(=O)O)C(=O)O. The number of fused-ring (bicyclic) bond motifs is 1. The van der Waals surface area contributed by atoms with Gasteiger partial charge in [0.1, 0.15) is 12.1 Å². The van der Waals surface area contributed by atoms with Crippen molar-refractivity contribution in [1.29, 1.82) is 0 Å². The average Bonchev–Trinajstić information content (AvgIpc) is 2.65. The lowest BCUT2D eigenvalue weighted by molar-refractivity contribution is -0.143. The lowest BCUT2D eigenvalue weighted by Crippen LogP contribution is -2.49. The Morgan fingerprint density at radius 1 is 0.929 bits per heavy atom. The Bertz CT molecular complexity index is 844. The highest BCUT2D eigenvalue weighted by Gasteiger charge is 2.26. The molecule has 28 heavy (non-hydrogen) atoms. The van der Waals surface area contributed by atoms with E-state index in [2.05, 4.69) is 10.6 Å². The van der Waals surface area contributed by atoms with Crippen molar-refractivity contribution in [3.05, 3.63) is 48.0 Å². The van der Waals surface area contributed by atoms with Crippen LogP contribution < -0.4 is 10.6 Å². The monoisotopic (exact) mass is 386 g/mol. The zero-order valence-corrected chi connectivity index (χ0v) is 16.0. The van der Waals surface area contributed by atoms with Crippen molar-refractivity contribution in [3.8, 4) is 0 Å². The van der Waals surface area contributed by atoms with Crippen LogP contribution in [0.25, 0.3) is 10.8 Å². The predicted molar refractivity (Wildman–Crippen MR) is 106 cm³/mol. The fourth-order valence-corrected chi connectivity index (χ4v) is 3.08. The standard InChI is InChI=1S/C21H26N2O5/c1-13(2)12-18(21(27)28)23-17(20(25)26)10-11-22-19(24)16-9-5-7-14-6-3-4-8-15(14)16/h3-9,13,17-18,23H,10-12H2,1-2H3,(H,22,24)(H,25,26)(H,27,28). The minimum absolute atomic E-state index is 0.0771. The molecule has 0 fully saturated rings. The highest BCUT2D eigenvalue weighted by molar-refractivity contribution is 6.07.